The van der Waals surface area contributed by atoms with Crippen molar-refractivity contribution in [3.05, 3.63) is 23.9 Å². The molecule has 1 saturated heterocycles. The van der Waals surface area contributed by atoms with Gasteiger partial charge in [0.2, 0.25) is 5.91 Å². The molecule has 0 aliphatic carbocycles. The van der Waals surface area contributed by atoms with Crippen LogP contribution in [0.5, 0.6) is 0 Å². The van der Waals surface area contributed by atoms with E-state index in [1.807, 2.05) is 6.07 Å². The van der Waals surface area contributed by atoms with Crippen molar-refractivity contribution >= 4 is 17.5 Å². The van der Waals surface area contributed by atoms with Crippen molar-refractivity contribution in [3.8, 4) is 0 Å². The van der Waals surface area contributed by atoms with Crippen LogP contribution in [0.15, 0.2) is 18.3 Å². The summed E-state index contributed by atoms with van der Waals surface area (Å²) in [7, 11) is 0. The summed E-state index contributed by atoms with van der Waals surface area (Å²) in [5.74, 6) is 1.38. The predicted molar refractivity (Wildman–Crippen MR) is 77.9 cm³/mol. The van der Waals surface area contributed by atoms with E-state index in [2.05, 4.69) is 15.2 Å². The van der Waals surface area contributed by atoms with Crippen LogP contribution in [0.2, 0.25) is 0 Å². The topological polar surface area (TPSA) is 62.3 Å². The highest BCUT2D eigenvalue weighted by atomic mass is 16.1. The highest BCUT2D eigenvalue weighted by Gasteiger charge is 2.22. The second-order valence-corrected chi connectivity index (χ2v) is 5.30. The van der Waals surface area contributed by atoms with Crippen LogP contribution in [-0.4, -0.2) is 36.3 Å². The molecule has 0 radical (unpaired) electrons. The Labute approximate surface area is 119 Å². The van der Waals surface area contributed by atoms with Gasteiger partial charge in [0.1, 0.15) is 5.82 Å². The van der Waals surface area contributed by atoms with Gasteiger partial charge in [-0.2, -0.15) is 0 Å². The fraction of sp³-hybridized carbons (Fsp3) is 0.533. The Morgan fingerprint density at radius 3 is 2.65 bits per heavy atom. The molecule has 1 aliphatic rings. The van der Waals surface area contributed by atoms with E-state index in [9.17, 15) is 9.59 Å². The van der Waals surface area contributed by atoms with Gasteiger partial charge in [-0.3, -0.25) is 9.59 Å². The van der Waals surface area contributed by atoms with E-state index < -0.39 is 0 Å². The number of amides is 1. The molecule has 1 aromatic heterocycles. The zero-order chi connectivity index (χ0) is 14.5. The number of carbonyl (C=O) groups excluding carboxylic acids is 2. The molecule has 1 amide bonds. The van der Waals surface area contributed by atoms with Crippen molar-refractivity contribution in [1.29, 1.82) is 0 Å². The van der Waals surface area contributed by atoms with Crippen molar-refractivity contribution in [2.75, 3.05) is 24.5 Å². The summed E-state index contributed by atoms with van der Waals surface area (Å²) in [5.41, 5.74) is 0.688. The van der Waals surface area contributed by atoms with Gasteiger partial charge in [-0.1, -0.05) is 0 Å². The number of hydrogen-bond acceptors (Lipinski definition) is 4. The fourth-order valence-electron chi connectivity index (χ4n) is 2.56. The van der Waals surface area contributed by atoms with Gasteiger partial charge in [0.25, 0.3) is 0 Å². The van der Waals surface area contributed by atoms with Gasteiger partial charge in [-0.05, 0) is 37.8 Å². The van der Waals surface area contributed by atoms with Crippen LogP contribution in [0.3, 0.4) is 0 Å². The Morgan fingerprint density at radius 2 is 2.05 bits per heavy atom. The van der Waals surface area contributed by atoms with Crippen molar-refractivity contribution in [2.45, 2.75) is 26.7 Å². The maximum absolute atomic E-state index is 11.6. The van der Waals surface area contributed by atoms with Crippen LogP contribution in [-0.2, 0) is 4.79 Å². The lowest BCUT2D eigenvalue weighted by Gasteiger charge is -2.33. The van der Waals surface area contributed by atoms with Crippen molar-refractivity contribution in [1.82, 2.24) is 10.3 Å². The lowest BCUT2D eigenvalue weighted by atomic mass is 9.96. The highest BCUT2D eigenvalue weighted by molar-refractivity contribution is 5.98. The number of rotatable bonds is 4. The summed E-state index contributed by atoms with van der Waals surface area (Å²) in [6.45, 7) is 5.61. The minimum atomic E-state index is 0.0241. The fourth-order valence-corrected chi connectivity index (χ4v) is 2.56. The standard InChI is InChI=1S/C15H21N3O2/c1-11(19)14-4-3-7-16-15(14)18-8-5-13(6-9-18)10-17-12(2)20/h3-4,7,13H,5-6,8-10H2,1-2H3,(H,17,20). The number of carbonyl (C=O) groups is 2. The average Bonchev–Trinajstić information content (AvgIpc) is 2.45. The molecule has 2 rings (SSSR count). The molecular formula is C15H21N3O2. The molecule has 108 valence electrons. The minimum absolute atomic E-state index is 0.0241. The van der Waals surface area contributed by atoms with E-state index in [0.29, 0.717) is 11.5 Å². The van der Waals surface area contributed by atoms with Crippen LogP contribution < -0.4 is 10.2 Å². The predicted octanol–water partition coefficient (Wildman–Crippen LogP) is 1.64. The van der Waals surface area contributed by atoms with Crippen molar-refractivity contribution in [3.63, 3.8) is 0 Å². The lowest BCUT2D eigenvalue weighted by Crippen LogP contribution is -2.39. The van der Waals surface area contributed by atoms with Crippen molar-refractivity contribution < 1.29 is 9.59 Å². The van der Waals surface area contributed by atoms with E-state index in [1.54, 1.807) is 26.1 Å². The van der Waals surface area contributed by atoms with Gasteiger partial charge in [0, 0.05) is 32.8 Å². The molecule has 0 unspecified atom stereocenters. The summed E-state index contributed by atoms with van der Waals surface area (Å²) in [6, 6.07) is 3.62. The first-order chi connectivity index (χ1) is 9.58. The van der Waals surface area contributed by atoms with E-state index >= 15 is 0 Å². The summed E-state index contributed by atoms with van der Waals surface area (Å²) >= 11 is 0. The quantitative estimate of drug-likeness (QED) is 0.849. The molecule has 0 aromatic carbocycles. The van der Waals surface area contributed by atoms with Gasteiger partial charge < -0.3 is 10.2 Å². The zero-order valence-electron chi connectivity index (χ0n) is 12.1. The molecule has 1 aliphatic heterocycles. The van der Waals surface area contributed by atoms with Crippen LogP contribution in [0, 0.1) is 5.92 Å². The number of nitrogens with zero attached hydrogens (tertiary/aromatic N) is 2. The molecule has 0 atom stereocenters. The molecule has 5 heteroatoms. The summed E-state index contributed by atoms with van der Waals surface area (Å²) in [5, 5.41) is 2.87. The van der Waals surface area contributed by atoms with Gasteiger partial charge in [0.05, 0.1) is 5.56 Å². The summed E-state index contributed by atoms with van der Waals surface area (Å²) in [4.78, 5) is 29.1. The number of pyridine rings is 1. The monoisotopic (exact) mass is 275 g/mol. The molecule has 0 spiro atoms. The molecule has 1 aromatic rings. The highest BCUT2D eigenvalue weighted by Crippen LogP contribution is 2.24. The second kappa shape index (κ2) is 6.50. The van der Waals surface area contributed by atoms with Crippen LogP contribution in [0.1, 0.15) is 37.0 Å². The van der Waals surface area contributed by atoms with E-state index in [1.165, 1.54) is 0 Å². The Balaban J connectivity index is 1.97. The number of hydrogen-bond donors (Lipinski definition) is 1. The number of anilines is 1. The molecule has 1 fully saturated rings. The Bertz CT molecular complexity index is 494. The zero-order valence-corrected chi connectivity index (χ0v) is 12.1. The smallest absolute Gasteiger partial charge is 0.216 e. The Hall–Kier alpha value is -1.91. The van der Waals surface area contributed by atoms with Gasteiger partial charge >= 0.3 is 0 Å². The normalized spacial score (nSPS) is 16.0. The maximum atomic E-state index is 11.6. The molecule has 0 saturated carbocycles. The summed E-state index contributed by atoms with van der Waals surface area (Å²) in [6.07, 6.45) is 3.74. The van der Waals surface area contributed by atoms with Gasteiger partial charge in [-0.25, -0.2) is 4.98 Å². The minimum Gasteiger partial charge on any atom is -0.356 e. The van der Waals surface area contributed by atoms with Gasteiger partial charge in [-0.15, -0.1) is 0 Å². The third kappa shape index (κ3) is 3.56. The number of piperidine rings is 1. The van der Waals surface area contributed by atoms with E-state index in [4.69, 9.17) is 0 Å². The molecule has 20 heavy (non-hydrogen) atoms. The molecule has 0 bridgehead atoms. The van der Waals surface area contributed by atoms with Crippen LogP contribution in [0.25, 0.3) is 0 Å². The van der Waals surface area contributed by atoms with E-state index in [-0.39, 0.29) is 11.7 Å². The molecule has 2 heterocycles. The second-order valence-electron chi connectivity index (χ2n) is 5.30. The van der Waals surface area contributed by atoms with Crippen molar-refractivity contribution in [2.24, 2.45) is 5.92 Å². The van der Waals surface area contributed by atoms with Crippen LogP contribution in [0.4, 0.5) is 5.82 Å². The lowest BCUT2D eigenvalue weighted by molar-refractivity contribution is -0.119. The number of nitrogens with one attached hydrogen (secondary N) is 1. The summed E-state index contributed by atoms with van der Waals surface area (Å²) < 4.78 is 0. The third-order valence-corrected chi connectivity index (χ3v) is 3.72. The number of aromatic nitrogens is 1. The first kappa shape index (κ1) is 14.5. The molecule has 1 N–H and O–H groups in total. The SMILES string of the molecule is CC(=O)NCC1CCN(c2ncccc2C(C)=O)CC1. The molecule has 5 nitrogen and oxygen atoms in total. The Kier molecular flexibility index (Phi) is 4.71. The van der Waals surface area contributed by atoms with E-state index in [0.717, 1.165) is 38.3 Å². The molecular weight excluding hydrogens is 254 g/mol. The number of ketones is 1. The maximum Gasteiger partial charge on any atom is 0.216 e. The average molecular weight is 275 g/mol. The van der Waals surface area contributed by atoms with Gasteiger partial charge in [0.15, 0.2) is 5.78 Å². The third-order valence-electron chi connectivity index (χ3n) is 3.72. The largest absolute Gasteiger partial charge is 0.356 e. The first-order valence-corrected chi connectivity index (χ1v) is 7.03. The first-order valence-electron chi connectivity index (χ1n) is 7.03. The Morgan fingerprint density at radius 1 is 1.35 bits per heavy atom. The van der Waals surface area contributed by atoms with Crippen LogP contribution >= 0.6 is 0 Å². The number of Topliss-reactive ketones (excluding diaryl/α,β-unsaturated/α-hetero) is 1.